The first-order valence-electron chi connectivity index (χ1n) is 8.48. The predicted octanol–water partition coefficient (Wildman–Crippen LogP) is 3.13. The molecule has 0 radical (unpaired) electrons. The van der Waals surface area contributed by atoms with Crippen LogP contribution in [0, 0.1) is 0 Å². The molecule has 0 amide bonds. The van der Waals surface area contributed by atoms with E-state index in [2.05, 4.69) is 6.92 Å². The van der Waals surface area contributed by atoms with E-state index in [1.165, 1.54) is 51.4 Å². The van der Waals surface area contributed by atoms with Crippen LogP contribution in [0.5, 0.6) is 0 Å². The Hall–Kier alpha value is -0.360. The fraction of sp³-hybridized carbons (Fsp3) is 0.938. The molecule has 1 atom stereocenters. The number of nitrogens with two attached hydrogens (primary N) is 3. The van der Waals surface area contributed by atoms with Crippen molar-refractivity contribution >= 4 is 18.4 Å². The molecule has 0 rings (SSSR count). The Morgan fingerprint density at radius 3 is 1.64 bits per heavy atom. The molecule has 0 heterocycles. The molecular weight excluding hydrogens is 302 g/mol. The fourth-order valence-corrected chi connectivity index (χ4v) is 2.48. The summed E-state index contributed by atoms with van der Waals surface area (Å²) in [5.74, 6) is -1.14. The Morgan fingerprint density at radius 2 is 1.27 bits per heavy atom. The van der Waals surface area contributed by atoms with Crippen molar-refractivity contribution in [3.8, 4) is 0 Å². The van der Waals surface area contributed by atoms with Crippen molar-refractivity contribution in [3.05, 3.63) is 0 Å². The third kappa shape index (κ3) is 12.2. The topological polar surface area (TPSA) is 115 Å². The van der Waals surface area contributed by atoms with Crippen molar-refractivity contribution in [1.82, 2.24) is 0 Å². The molecule has 0 aromatic carbocycles. The largest absolute Gasteiger partial charge is 0.480 e. The van der Waals surface area contributed by atoms with E-state index >= 15 is 0 Å². The summed E-state index contributed by atoms with van der Waals surface area (Å²) in [4.78, 5) is 10.8. The smallest absolute Gasteiger partial charge is 0.323 e. The summed E-state index contributed by atoms with van der Waals surface area (Å²) in [6, 6.07) is -1.19. The fourth-order valence-electron chi connectivity index (χ4n) is 2.48. The minimum Gasteiger partial charge on any atom is -0.480 e. The molecule has 0 aliphatic carbocycles. The van der Waals surface area contributed by atoms with Gasteiger partial charge in [-0.05, 0) is 6.42 Å². The van der Waals surface area contributed by atoms with E-state index in [4.69, 9.17) is 22.3 Å². The van der Waals surface area contributed by atoms with Crippen molar-refractivity contribution in [1.29, 1.82) is 0 Å². The minimum atomic E-state index is -1.30. The zero-order valence-corrected chi connectivity index (χ0v) is 14.9. The van der Waals surface area contributed by atoms with Gasteiger partial charge in [0.1, 0.15) is 6.04 Å². The summed E-state index contributed by atoms with van der Waals surface area (Å²) in [5.41, 5.74) is 15.7. The van der Waals surface area contributed by atoms with Crippen molar-refractivity contribution in [3.63, 3.8) is 0 Å². The van der Waals surface area contributed by atoms with E-state index in [1.807, 2.05) is 0 Å². The molecule has 0 bridgehead atoms. The lowest BCUT2D eigenvalue weighted by Gasteiger charge is -2.28. The van der Waals surface area contributed by atoms with Gasteiger partial charge in [0.05, 0.1) is 5.66 Å². The normalized spacial score (nSPS) is 12.7. The molecule has 7 N–H and O–H groups in total. The maximum atomic E-state index is 10.8. The number of rotatable bonds is 14. The molecule has 0 aromatic rings. The molecule has 5 nitrogen and oxygen atoms in total. The predicted molar refractivity (Wildman–Crippen MR) is 95.0 cm³/mol. The molecule has 0 aliphatic rings. The Kier molecular flexibility index (Phi) is 15.5. The van der Waals surface area contributed by atoms with Gasteiger partial charge in [-0.1, -0.05) is 77.6 Å². The Balaban J connectivity index is 0. The number of hydrogen-bond donors (Lipinski definition) is 4. The second-order valence-electron chi connectivity index (χ2n) is 6.21. The van der Waals surface area contributed by atoms with Crippen LogP contribution in [-0.4, -0.2) is 22.8 Å². The SMILES string of the molecule is CCCCCCCCCCCCCC(N)(N)C(N)C(=O)O.Cl. The van der Waals surface area contributed by atoms with Crippen LogP contribution in [0.15, 0.2) is 0 Å². The second-order valence-corrected chi connectivity index (χ2v) is 6.21. The van der Waals surface area contributed by atoms with Gasteiger partial charge in [0.2, 0.25) is 0 Å². The summed E-state index contributed by atoms with van der Waals surface area (Å²) in [5, 5.41) is 8.81. The van der Waals surface area contributed by atoms with E-state index in [0.29, 0.717) is 6.42 Å². The van der Waals surface area contributed by atoms with Gasteiger partial charge in [-0.15, -0.1) is 12.4 Å². The van der Waals surface area contributed by atoms with E-state index in [-0.39, 0.29) is 12.4 Å². The highest BCUT2D eigenvalue weighted by Gasteiger charge is 2.32. The van der Waals surface area contributed by atoms with Gasteiger partial charge in [0.25, 0.3) is 0 Å². The second kappa shape index (κ2) is 14.2. The summed E-state index contributed by atoms with van der Waals surface area (Å²) in [7, 11) is 0. The standard InChI is InChI=1S/C16H35N3O2.ClH/c1-2-3-4-5-6-7-8-9-10-11-12-13-16(18,19)14(17)15(20)21;/h14H,2-13,17-19H2,1H3,(H,20,21);1H. The highest BCUT2D eigenvalue weighted by molar-refractivity contribution is 5.85. The first-order valence-corrected chi connectivity index (χ1v) is 8.48. The zero-order chi connectivity index (χ0) is 16.1. The van der Waals surface area contributed by atoms with Gasteiger partial charge < -0.3 is 22.3 Å². The number of halogens is 1. The third-order valence-electron chi connectivity index (χ3n) is 4.06. The lowest BCUT2D eigenvalue weighted by atomic mass is 9.95. The highest BCUT2D eigenvalue weighted by Crippen LogP contribution is 2.14. The maximum absolute atomic E-state index is 10.8. The van der Waals surface area contributed by atoms with Crippen LogP contribution in [0.4, 0.5) is 0 Å². The Labute approximate surface area is 141 Å². The zero-order valence-electron chi connectivity index (χ0n) is 14.1. The van der Waals surface area contributed by atoms with Gasteiger partial charge in [-0.2, -0.15) is 0 Å². The summed E-state index contributed by atoms with van der Waals surface area (Å²) in [6.07, 6.45) is 14.1. The molecule has 0 aliphatic heterocycles. The van der Waals surface area contributed by atoms with Crippen LogP contribution in [0.25, 0.3) is 0 Å². The summed E-state index contributed by atoms with van der Waals surface area (Å²) in [6.45, 7) is 2.24. The van der Waals surface area contributed by atoms with E-state index in [9.17, 15) is 4.79 Å². The lowest BCUT2D eigenvalue weighted by Crippen LogP contribution is -2.65. The molecule has 1 unspecified atom stereocenters. The van der Waals surface area contributed by atoms with Gasteiger partial charge in [0.15, 0.2) is 0 Å². The number of carboxylic acids is 1. The molecule has 22 heavy (non-hydrogen) atoms. The van der Waals surface area contributed by atoms with Gasteiger partial charge in [-0.25, -0.2) is 0 Å². The number of hydrogen-bond acceptors (Lipinski definition) is 4. The number of carbonyl (C=O) groups is 1. The number of aliphatic carboxylic acids is 1. The van der Waals surface area contributed by atoms with E-state index in [1.54, 1.807) is 0 Å². The molecule has 0 spiro atoms. The average molecular weight is 338 g/mol. The van der Waals surface area contributed by atoms with Crippen molar-refractivity contribution < 1.29 is 9.90 Å². The monoisotopic (exact) mass is 337 g/mol. The number of carboxylic acid groups (broad SMARTS) is 1. The molecule has 0 saturated carbocycles. The van der Waals surface area contributed by atoms with Crippen molar-refractivity contribution in [2.24, 2.45) is 17.2 Å². The molecule has 134 valence electrons. The minimum absolute atomic E-state index is 0. The summed E-state index contributed by atoms with van der Waals surface area (Å²) >= 11 is 0. The average Bonchev–Trinajstić information content (AvgIpc) is 2.43. The van der Waals surface area contributed by atoms with E-state index in [0.717, 1.165) is 19.3 Å². The van der Waals surface area contributed by atoms with Crippen molar-refractivity contribution in [2.75, 3.05) is 0 Å². The lowest BCUT2D eigenvalue weighted by molar-refractivity contribution is -0.140. The van der Waals surface area contributed by atoms with Gasteiger partial charge in [0, 0.05) is 0 Å². The molecule has 0 aromatic heterocycles. The quantitative estimate of drug-likeness (QED) is 0.287. The van der Waals surface area contributed by atoms with E-state index < -0.39 is 17.7 Å². The Morgan fingerprint density at radius 1 is 0.909 bits per heavy atom. The summed E-state index contributed by atoms with van der Waals surface area (Å²) < 4.78 is 0. The molecular formula is C16H36ClN3O2. The molecule has 0 fully saturated rings. The maximum Gasteiger partial charge on any atom is 0.323 e. The van der Waals surface area contributed by atoms with Crippen LogP contribution in [0.2, 0.25) is 0 Å². The number of unbranched alkanes of at least 4 members (excludes halogenated alkanes) is 10. The molecule has 6 heteroatoms. The van der Waals surface area contributed by atoms with Crippen LogP contribution < -0.4 is 17.2 Å². The first kappa shape index (κ1) is 23.9. The third-order valence-corrected chi connectivity index (χ3v) is 4.06. The highest BCUT2D eigenvalue weighted by atomic mass is 35.5. The van der Waals surface area contributed by atoms with Gasteiger partial charge >= 0.3 is 5.97 Å². The van der Waals surface area contributed by atoms with Crippen LogP contribution >= 0.6 is 12.4 Å². The van der Waals surface area contributed by atoms with Crippen LogP contribution in [0.1, 0.15) is 84.0 Å². The van der Waals surface area contributed by atoms with Crippen molar-refractivity contribution in [2.45, 2.75) is 95.7 Å². The van der Waals surface area contributed by atoms with Gasteiger partial charge in [-0.3, -0.25) is 4.79 Å². The van der Waals surface area contributed by atoms with Crippen LogP contribution in [-0.2, 0) is 4.79 Å². The van der Waals surface area contributed by atoms with Crippen LogP contribution in [0.3, 0.4) is 0 Å². The first-order chi connectivity index (χ1) is 9.91. The Bertz CT molecular complexity index is 276. The molecule has 0 saturated heterocycles.